The van der Waals surface area contributed by atoms with Crippen LogP contribution in [0.25, 0.3) is 0 Å². The summed E-state index contributed by atoms with van der Waals surface area (Å²) in [5.41, 5.74) is 3.47. The van der Waals surface area contributed by atoms with Crippen LogP contribution in [-0.2, 0) is 6.54 Å². The Morgan fingerprint density at radius 1 is 0.828 bits per heavy atom. The van der Waals surface area contributed by atoms with E-state index in [2.05, 4.69) is 59.2 Å². The highest BCUT2D eigenvalue weighted by Crippen LogP contribution is 2.32. The quantitative estimate of drug-likeness (QED) is 0.629. The summed E-state index contributed by atoms with van der Waals surface area (Å²) in [6.45, 7) is 1.27. The van der Waals surface area contributed by atoms with Gasteiger partial charge in [0.25, 0.3) is 0 Å². The van der Waals surface area contributed by atoms with Crippen LogP contribution in [0.4, 0.5) is 4.79 Å². The van der Waals surface area contributed by atoms with Crippen LogP contribution < -0.4 is 20.1 Å². The topological polar surface area (TPSA) is 59.6 Å². The molecule has 2 N–H and O–H groups in total. The molecule has 0 saturated carbocycles. The van der Waals surface area contributed by atoms with E-state index in [-0.39, 0.29) is 18.7 Å². The van der Waals surface area contributed by atoms with Crippen molar-refractivity contribution in [1.82, 2.24) is 10.6 Å². The van der Waals surface area contributed by atoms with Gasteiger partial charge in [-0.2, -0.15) is 0 Å². The largest absolute Gasteiger partial charge is 0.454 e. The summed E-state index contributed by atoms with van der Waals surface area (Å²) >= 11 is 0. The van der Waals surface area contributed by atoms with E-state index in [0.29, 0.717) is 13.1 Å². The van der Waals surface area contributed by atoms with Gasteiger partial charge in [0, 0.05) is 19.0 Å². The molecule has 0 radical (unpaired) electrons. The van der Waals surface area contributed by atoms with E-state index in [0.717, 1.165) is 23.5 Å². The van der Waals surface area contributed by atoms with Crippen LogP contribution >= 0.6 is 0 Å². The highest BCUT2D eigenvalue weighted by molar-refractivity contribution is 5.73. The zero-order valence-electron chi connectivity index (χ0n) is 16.1. The lowest BCUT2D eigenvalue weighted by Crippen LogP contribution is -2.36. The Labute approximate surface area is 170 Å². The number of carbonyl (C=O) groups excluding carboxylic acids is 1. The van der Waals surface area contributed by atoms with Gasteiger partial charge in [0.1, 0.15) is 0 Å². The highest BCUT2D eigenvalue weighted by atomic mass is 16.7. The van der Waals surface area contributed by atoms with Gasteiger partial charge in [0.2, 0.25) is 6.79 Å². The lowest BCUT2D eigenvalue weighted by Gasteiger charge is -2.18. The molecule has 5 heteroatoms. The molecule has 0 saturated heterocycles. The van der Waals surface area contributed by atoms with E-state index in [1.807, 2.05) is 30.3 Å². The van der Waals surface area contributed by atoms with Gasteiger partial charge in [0.15, 0.2) is 11.5 Å². The molecule has 0 fully saturated rings. The van der Waals surface area contributed by atoms with E-state index >= 15 is 0 Å². The van der Waals surface area contributed by atoms with Crippen LogP contribution in [0.3, 0.4) is 0 Å². The van der Waals surface area contributed by atoms with Crippen molar-refractivity contribution in [1.29, 1.82) is 0 Å². The summed E-state index contributed by atoms with van der Waals surface area (Å²) in [6.07, 6.45) is 0.825. The maximum absolute atomic E-state index is 12.2. The standard InChI is InChI=1S/C24H24N2O3/c27-24(26-16-18-11-12-22-23(15-18)29-17-28-22)25-14-13-21(19-7-3-1-4-8-19)20-9-5-2-6-10-20/h1-12,15,21H,13-14,16-17H2,(H2,25,26,27). The van der Waals surface area contributed by atoms with Crippen molar-refractivity contribution in [2.24, 2.45) is 0 Å². The maximum Gasteiger partial charge on any atom is 0.315 e. The maximum atomic E-state index is 12.2. The van der Waals surface area contributed by atoms with Crippen LogP contribution in [0.1, 0.15) is 29.0 Å². The van der Waals surface area contributed by atoms with Crippen molar-refractivity contribution >= 4 is 6.03 Å². The average Bonchev–Trinajstić information content (AvgIpc) is 3.24. The Hall–Kier alpha value is -3.47. The second-order valence-corrected chi connectivity index (χ2v) is 6.96. The first-order chi connectivity index (χ1) is 14.3. The number of hydrogen-bond acceptors (Lipinski definition) is 3. The van der Waals surface area contributed by atoms with E-state index in [1.165, 1.54) is 11.1 Å². The van der Waals surface area contributed by atoms with Crippen LogP contribution in [0.2, 0.25) is 0 Å². The van der Waals surface area contributed by atoms with Gasteiger partial charge in [-0.25, -0.2) is 4.79 Å². The summed E-state index contributed by atoms with van der Waals surface area (Å²) in [5, 5.41) is 5.87. The summed E-state index contributed by atoms with van der Waals surface area (Å²) in [7, 11) is 0. The lowest BCUT2D eigenvalue weighted by molar-refractivity contribution is 0.174. The number of benzene rings is 3. The average molecular weight is 388 g/mol. The predicted octanol–water partition coefficient (Wildman–Crippen LogP) is 4.44. The van der Waals surface area contributed by atoms with Gasteiger partial charge >= 0.3 is 6.03 Å². The number of ether oxygens (including phenoxy) is 2. The van der Waals surface area contributed by atoms with Crippen LogP contribution in [-0.4, -0.2) is 19.4 Å². The highest BCUT2D eigenvalue weighted by Gasteiger charge is 2.15. The zero-order valence-corrected chi connectivity index (χ0v) is 16.1. The zero-order chi connectivity index (χ0) is 19.9. The molecule has 0 unspecified atom stereocenters. The molecule has 5 nitrogen and oxygen atoms in total. The summed E-state index contributed by atoms with van der Waals surface area (Å²) < 4.78 is 10.7. The van der Waals surface area contributed by atoms with E-state index in [1.54, 1.807) is 0 Å². The van der Waals surface area contributed by atoms with Crippen molar-refractivity contribution < 1.29 is 14.3 Å². The molecule has 0 bridgehead atoms. The molecule has 29 heavy (non-hydrogen) atoms. The molecule has 0 aromatic heterocycles. The molecule has 2 amide bonds. The van der Waals surface area contributed by atoms with Crippen molar-refractivity contribution in [2.45, 2.75) is 18.9 Å². The number of urea groups is 1. The molecule has 148 valence electrons. The van der Waals surface area contributed by atoms with Gasteiger partial charge in [-0.3, -0.25) is 0 Å². The molecular formula is C24H24N2O3. The molecule has 1 aliphatic rings. The molecule has 1 aliphatic heterocycles. The molecule has 4 rings (SSSR count). The normalized spacial score (nSPS) is 12.0. The molecule has 0 atom stereocenters. The lowest BCUT2D eigenvalue weighted by atomic mass is 9.88. The fourth-order valence-corrected chi connectivity index (χ4v) is 3.52. The van der Waals surface area contributed by atoms with Crippen molar-refractivity contribution in [3.8, 4) is 11.5 Å². The summed E-state index contributed by atoms with van der Waals surface area (Å²) in [4.78, 5) is 12.2. The first-order valence-corrected chi connectivity index (χ1v) is 9.80. The van der Waals surface area contributed by atoms with E-state index < -0.39 is 0 Å². The molecule has 1 heterocycles. The number of carbonyl (C=O) groups is 1. The first kappa shape index (κ1) is 18.9. The van der Waals surface area contributed by atoms with Crippen molar-refractivity contribution in [3.05, 3.63) is 95.6 Å². The number of nitrogens with one attached hydrogen (secondary N) is 2. The smallest absolute Gasteiger partial charge is 0.315 e. The Balaban J connectivity index is 1.30. The van der Waals surface area contributed by atoms with Gasteiger partial charge < -0.3 is 20.1 Å². The fraction of sp³-hybridized carbons (Fsp3) is 0.208. The van der Waals surface area contributed by atoms with Gasteiger partial charge in [0.05, 0.1) is 0 Å². The third-order valence-electron chi connectivity index (χ3n) is 5.01. The van der Waals surface area contributed by atoms with Gasteiger partial charge in [-0.05, 0) is 35.2 Å². The Morgan fingerprint density at radius 3 is 2.17 bits per heavy atom. The third-order valence-corrected chi connectivity index (χ3v) is 5.01. The van der Waals surface area contributed by atoms with Crippen LogP contribution in [0, 0.1) is 0 Å². The second kappa shape index (κ2) is 9.15. The Bertz CT molecular complexity index is 905. The monoisotopic (exact) mass is 388 g/mol. The molecule has 0 aliphatic carbocycles. The van der Waals surface area contributed by atoms with E-state index in [4.69, 9.17) is 9.47 Å². The number of rotatable bonds is 7. The number of fused-ring (bicyclic) bond motifs is 1. The first-order valence-electron chi connectivity index (χ1n) is 9.80. The van der Waals surface area contributed by atoms with Crippen molar-refractivity contribution in [2.75, 3.05) is 13.3 Å². The Morgan fingerprint density at radius 2 is 1.48 bits per heavy atom. The second-order valence-electron chi connectivity index (χ2n) is 6.96. The molecule has 3 aromatic rings. The van der Waals surface area contributed by atoms with Crippen molar-refractivity contribution in [3.63, 3.8) is 0 Å². The molecule has 3 aromatic carbocycles. The minimum Gasteiger partial charge on any atom is -0.454 e. The summed E-state index contributed by atoms with van der Waals surface area (Å²) in [6, 6.07) is 26.3. The molecule has 0 spiro atoms. The van der Waals surface area contributed by atoms with Crippen LogP contribution in [0.15, 0.2) is 78.9 Å². The molecular weight excluding hydrogens is 364 g/mol. The minimum atomic E-state index is -0.178. The number of amides is 2. The fourth-order valence-electron chi connectivity index (χ4n) is 3.52. The Kier molecular flexibility index (Phi) is 5.95. The van der Waals surface area contributed by atoms with Gasteiger partial charge in [-0.1, -0.05) is 66.7 Å². The van der Waals surface area contributed by atoms with E-state index in [9.17, 15) is 4.79 Å². The predicted molar refractivity (Wildman–Crippen MR) is 112 cm³/mol. The van der Waals surface area contributed by atoms with Gasteiger partial charge in [-0.15, -0.1) is 0 Å². The third kappa shape index (κ3) is 4.88. The number of hydrogen-bond donors (Lipinski definition) is 2. The SMILES string of the molecule is O=C(NCCC(c1ccccc1)c1ccccc1)NCc1ccc2c(c1)OCO2. The van der Waals surface area contributed by atoms with Crippen LogP contribution in [0.5, 0.6) is 11.5 Å². The summed E-state index contributed by atoms with van der Waals surface area (Å²) in [5.74, 6) is 1.70. The minimum absolute atomic E-state index is 0.178.